The van der Waals surface area contributed by atoms with Crippen LogP contribution < -0.4 is 5.32 Å². The van der Waals surface area contributed by atoms with Crippen molar-refractivity contribution in [2.24, 2.45) is 5.92 Å². The van der Waals surface area contributed by atoms with Crippen LogP contribution in [0.5, 0.6) is 0 Å². The Morgan fingerprint density at radius 1 is 1.42 bits per heavy atom. The van der Waals surface area contributed by atoms with Gasteiger partial charge in [0.25, 0.3) is 0 Å². The molecule has 2 saturated heterocycles. The summed E-state index contributed by atoms with van der Waals surface area (Å²) in [5.74, 6) is 0.736. The summed E-state index contributed by atoms with van der Waals surface area (Å²) in [6.07, 6.45) is 3.02. The highest BCUT2D eigenvalue weighted by Crippen LogP contribution is 2.13. The van der Waals surface area contributed by atoms with E-state index >= 15 is 0 Å². The normalized spacial score (nSPS) is 31.5. The van der Waals surface area contributed by atoms with Crippen molar-refractivity contribution < 1.29 is 9.47 Å². The maximum absolute atomic E-state index is 5.65. The van der Waals surface area contributed by atoms with Gasteiger partial charge in [0, 0.05) is 6.54 Å². The molecule has 1 N–H and O–H groups in total. The van der Waals surface area contributed by atoms with Gasteiger partial charge in [-0.1, -0.05) is 0 Å². The van der Waals surface area contributed by atoms with Gasteiger partial charge in [0.1, 0.15) is 6.10 Å². The van der Waals surface area contributed by atoms with Gasteiger partial charge in [-0.2, -0.15) is 0 Å². The Balaban J connectivity index is 1.58. The van der Waals surface area contributed by atoms with E-state index in [2.05, 4.69) is 5.32 Å². The van der Waals surface area contributed by atoms with Gasteiger partial charge in [0.2, 0.25) is 0 Å². The summed E-state index contributed by atoms with van der Waals surface area (Å²) in [5.41, 5.74) is 0. The molecule has 2 aliphatic heterocycles. The van der Waals surface area contributed by atoms with Gasteiger partial charge in [-0.25, -0.2) is 0 Å². The van der Waals surface area contributed by atoms with Crippen molar-refractivity contribution in [3.63, 3.8) is 0 Å². The van der Waals surface area contributed by atoms with Gasteiger partial charge in [0.15, 0.2) is 0 Å². The van der Waals surface area contributed by atoms with Crippen molar-refractivity contribution in [2.45, 2.75) is 18.9 Å². The summed E-state index contributed by atoms with van der Waals surface area (Å²) in [6, 6.07) is 0. The van der Waals surface area contributed by atoms with E-state index in [9.17, 15) is 0 Å². The van der Waals surface area contributed by atoms with E-state index in [1.165, 1.54) is 19.4 Å². The molecular formula is C9H17NO2. The first kappa shape index (κ1) is 8.48. The van der Waals surface area contributed by atoms with Crippen LogP contribution in [0.15, 0.2) is 0 Å². The summed E-state index contributed by atoms with van der Waals surface area (Å²) < 4.78 is 10.7. The minimum atomic E-state index is 0.395. The molecule has 0 bridgehead atoms. The van der Waals surface area contributed by atoms with Gasteiger partial charge >= 0.3 is 0 Å². The number of ether oxygens (including phenoxy) is 2. The Kier molecular flexibility index (Phi) is 2.98. The fraction of sp³-hybridized carbons (Fsp3) is 1.00. The average molecular weight is 171 g/mol. The quantitative estimate of drug-likeness (QED) is 0.667. The molecule has 3 nitrogen and oxygen atoms in total. The average Bonchev–Trinajstić information content (AvgIpc) is 2.04. The first-order valence-corrected chi connectivity index (χ1v) is 4.85. The largest absolute Gasteiger partial charge is 0.376 e. The third kappa shape index (κ3) is 2.19. The highest BCUT2D eigenvalue weighted by molar-refractivity contribution is 4.71. The van der Waals surface area contributed by atoms with Crippen LogP contribution in [0.25, 0.3) is 0 Å². The van der Waals surface area contributed by atoms with Crippen LogP contribution in [0.2, 0.25) is 0 Å². The number of rotatable bonds is 3. The van der Waals surface area contributed by atoms with E-state index in [4.69, 9.17) is 9.47 Å². The van der Waals surface area contributed by atoms with Crippen molar-refractivity contribution in [3.8, 4) is 0 Å². The molecule has 0 radical (unpaired) electrons. The first-order chi connectivity index (χ1) is 5.95. The molecule has 0 amide bonds. The number of piperidine rings is 1. The molecular weight excluding hydrogens is 154 g/mol. The van der Waals surface area contributed by atoms with E-state index in [1.54, 1.807) is 0 Å². The minimum absolute atomic E-state index is 0.395. The summed E-state index contributed by atoms with van der Waals surface area (Å²) in [7, 11) is 0. The molecule has 1 atom stereocenters. The molecule has 0 aliphatic carbocycles. The Bertz CT molecular complexity index is 130. The second kappa shape index (κ2) is 4.21. The zero-order valence-corrected chi connectivity index (χ0v) is 7.42. The maximum atomic E-state index is 5.65. The smallest absolute Gasteiger partial charge is 0.104 e. The lowest BCUT2D eigenvalue weighted by molar-refractivity contribution is -0.136. The lowest BCUT2D eigenvalue weighted by Gasteiger charge is -2.29. The maximum Gasteiger partial charge on any atom is 0.104 e. The minimum Gasteiger partial charge on any atom is -0.376 e. The summed E-state index contributed by atoms with van der Waals surface area (Å²) >= 11 is 0. The van der Waals surface area contributed by atoms with E-state index in [0.29, 0.717) is 6.10 Å². The first-order valence-electron chi connectivity index (χ1n) is 4.85. The van der Waals surface area contributed by atoms with Crippen LogP contribution in [0.1, 0.15) is 12.8 Å². The Hall–Kier alpha value is -0.120. The molecule has 2 rings (SSSR count). The van der Waals surface area contributed by atoms with Crippen molar-refractivity contribution in [1.82, 2.24) is 5.32 Å². The molecule has 0 aromatic rings. The molecule has 2 heterocycles. The van der Waals surface area contributed by atoms with Crippen LogP contribution in [0, 0.1) is 5.92 Å². The summed E-state index contributed by atoms with van der Waals surface area (Å²) in [6.45, 7) is 4.85. The standard InChI is InChI=1S/C9H17NO2/c1-2-8(4-10-3-1)5-12-9-6-11-7-9/h8-10H,1-7H2. The molecule has 12 heavy (non-hydrogen) atoms. The monoisotopic (exact) mass is 171 g/mol. The van der Waals surface area contributed by atoms with Crippen molar-refractivity contribution in [2.75, 3.05) is 32.9 Å². The molecule has 70 valence electrons. The van der Waals surface area contributed by atoms with Crippen LogP contribution in [-0.4, -0.2) is 39.0 Å². The van der Waals surface area contributed by atoms with Crippen molar-refractivity contribution >= 4 is 0 Å². The van der Waals surface area contributed by atoms with E-state index in [0.717, 1.165) is 32.3 Å². The Morgan fingerprint density at radius 2 is 2.33 bits per heavy atom. The number of nitrogens with one attached hydrogen (secondary N) is 1. The number of hydrogen-bond acceptors (Lipinski definition) is 3. The molecule has 0 aromatic carbocycles. The fourth-order valence-electron chi connectivity index (χ4n) is 1.65. The van der Waals surface area contributed by atoms with Gasteiger partial charge in [-0.05, 0) is 25.3 Å². The van der Waals surface area contributed by atoms with E-state index in [-0.39, 0.29) is 0 Å². The molecule has 2 fully saturated rings. The topological polar surface area (TPSA) is 30.5 Å². The van der Waals surface area contributed by atoms with Crippen LogP contribution >= 0.6 is 0 Å². The second-order valence-electron chi connectivity index (χ2n) is 3.71. The Labute approximate surface area is 73.4 Å². The zero-order valence-electron chi connectivity index (χ0n) is 7.42. The van der Waals surface area contributed by atoms with Crippen LogP contribution in [0.3, 0.4) is 0 Å². The molecule has 2 aliphatic rings. The molecule has 0 saturated carbocycles. The van der Waals surface area contributed by atoms with Crippen LogP contribution in [0.4, 0.5) is 0 Å². The zero-order chi connectivity index (χ0) is 8.23. The lowest BCUT2D eigenvalue weighted by atomic mass is 10.0. The van der Waals surface area contributed by atoms with Gasteiger partial charge < -0.3 is 14.8 Å². The van der Waals surface area contributed by atoms with E-state index in [1.807, 2.05) is 0 Å². The second-order valence-corrected chi connectivity index (χ2v) is 3.71. The Morgan fingerprint density at radius 3 is 2.92 bits per heavy atom. The summed E-state index contributed by atoms with van der Waals surface area (Å²) in [4.78, 5) is 0. The predicted molar refractivity (Wildman–Crippen MR) is 46.2 cm³/mol. The molecule has 1 unspecified atom stereocenters. The lowest BCUT2D eigenvalue weighted by Crippen LogP contribution is -2.39. The molecule has 0 spiro atoms. The van der Waals surface area contributed by atoms with Crippen LogP contribution in [-0.2, 0) is 9.47 Å². The third-order valence-electron chi connectivity index (χ3n) is 2.57. The van der Waals surface area contributed by atoms with Crippen molar-refractivity contribution in [1.29, 1.82) is 0 Å². The van der Waals surface area contributed by atoms with Gasteiger partial charge in [0.05, 0.1) is 19.8 Å². The van der Waals surface area contributed by atoms with Gasteiger partial charge in [-0.15, -0.1) is 0 Å². The molecule has 3 heteroatoms. The van der Waals surface area contributed by atoms with Gasteiger partial charge in [-0.3, -0.25) is 0 Å². The number of hydrogen-bond donors (Lipinski definition) is 1. The summed E-state index contributed by atoms with van der Waals surface area (Å²) in [5, 5.41) is 3.38. The SMILES string of the molecule is C1CNCC(COC2COC2)C1. The van der Waals surface area contributed by atoms with E-state index < -0.39 is 0 Å². The highest BCUT2D eigenvalue weighted by Gasteiger charge is 2.21. The van der Waals surface area contributed by atoms with Crippen molar-refractivity contribution in [3.05, 3.63) is 0 Å². The molecule has 0 aromatic heterocycles. The fourth-order valence-corrected chi connectivity index (χ4v) is 1.65. The predicted octanol–water partition coefficient (Wildman–Crippen LogP) is 0.401. The third-order valence-corrected chi connectivity index (χ3v) is 2.57. The highest BCUT2D eigenvalue weighted by atomic mass is 16.6.